The number of fused-ring (bicyclic) bond motifs is 1. The second kappa shape index (κ2) is 10.8. The van der Waals surface area contributed by atoms with Crippen molar-refractivity contribution in [2.45, 2.75) is 33.7 Å². The summed E-state index contributed by atoms with van der Waals surface area (Å²) < 4.78 is 17.4. The van der Waals surface area contributed by atoms with Crippen molar-refractivity contribution in [2.75, 3.05) is 39.7 Å². The molecule has 1 saturated heterocycles. The second-order valence-electron chi connectivity index (χ2n) is 9.53. The lowest BCUT2D eigenvalue weighted by atomic mass is 9.92. The Kier molecular flexibility index (Phi) is 7.72. The number of likely N-dealkylation sites (tertiary alicyclic amines) is 1. The Morgan fingerprint density at radius 2 is 1.70 bits per heavy atom. The summed E-state index contributed by atoms with van der Waals surface area (Å²) in [4.78, 5) is 46.5. The number of nitrogens with zero attached hydrogens (tertiary/aromatic N) is 3. The minimum Gasteiger partial charge on any atom is -0.493 e. The lowest BCUT2D eigenvalue weighted by Gasteiger charge is -2.35. The van der Waals surface area contributed by atoms with Crippen LogP contribution in [0.4, 0.5) is 5.69 Å². The van der Waals surface area contributed by atoms with Gasteiger partial charge in [0.05, 0.1) is 37.9 Å². The van der Waals surface area contributed by atoms with Crippen LogP contribution in [0.1, 0.15) is 35.5 Å². The van der Waals surface area contributed by atoms with Gasteiger partial charge in [0.15, 0.2) is 11.5 Å². The molecule has 11 heteroatoms. The summed E-state index contributed by atoms with van der Waals surface area (Å²) in [6, 6.07) is 3.25. The number of rotatable bonds is 7. The fourth-order valence-corrected chi connectivity index (χ4v) is 5.98. The summed E-state index contributed by atoms with van der Waals surface area (Å²) in [5.74, 6) is 1.57. The van der Waals surface area contributed by atoms with Crippen molar-refractivity contribution in [1.29, 1.82) is 0 Å². The van der Waals surface area contributed by atoms with Crippen molar-refractivity contribution in [1.82, 2.24) is 14.5 Å². The number of aromatic nitrogens is 2. The van der Waals surface area contributed by atoms with Gasteiger partial charge >= 0.3 is 0 Å². The molecule has 1 aromatic carbocycles. The van der Waals surface area contributed by atoms with Gasteiger partial charge in [-0.15, -0.1) is 11.3 Å². The van der Waals surface area contributed by atoms with Crippen LogP contribution in [0.15, 0.2) is 23.3 Å². The Bertz CT molecular complexity index is 1360. The maximum atomic E-state index is 13.3. The van der Waals surface area contributed by atoms with Gasteiger partial charge in [-0.1, -0.05) is 13.8 Å². The number of hydrogen-bond donors (Lipinski definition) is 1. The first kappa shape index (κ1) is 26.5. The largest absolute Gasteiger partial charge is 0.493 e. The van der Waals surface area contributed by atoms with Crippen molar-refractivity contribution in [3.8, 4) is 17.2 Å². The number of carbonyl (C=O) groups excluding carboxylic acids is 2. The summed E-state index contributed by atoms with van der Waals surface area (Å²) in [5, 5.41) is 3.18. The Morgan fingerprint density at radius 3 is 2.27 bits per heavy atom. The molecule has 0 saturated carbocycles. The number of thiophene rings is 1. The number of piperidine rings is 1. The molecule has 1 N–H and O–H groups in total. The summed E-state index contributed by atoms with van der Waals surface area (Å²) in [6.07, 6.45) is 2.47. The van der Waals surface area contributed by atoms with Crippen molar-refractivity contribution in [3.05, 3.63) is 39.3 Å². The summed E-state index contributed by atoms with van der Waals surface area (Å²) in [6.45, 7) is 7.28. The first-order chi connectivity index (χ1) is 17.7. The molecule has 1 fully saturated rings. The Balaban J connectivity index is 1.60. The number of ether oxygens (including phenoxy) is 3. The lowest BCUT2D eigenvalue weighted by Crippen LogP contribution is -2.44. The van der Waals surface area contributed by atoms with Crippen LogP contribution >= 0.6 is 11.3 Å². The van der Waals surface area contributed by atoms with Gasteiger partial charge < -0.3 is 24.4 Å². The molecule has 198 valence electrons. The number of anilines is 1. The zero-order valence-corrected chi connectivity index (χ0v) is 22.7. The highest BCUT2D eigenvalue weighted by atomic mass is 32.1. The molecule has 2 amide bonds. The van der Waals surface area contributed by atoms with E-state index in [4.69, 9.17) is 14.2 Å². The predicted octanol–water partition coefficient (Wildman–Crippen LogP) is 3.55. The van der Waals surface area contributed by atoms with E-state index in [-0.39, 0.29) is 18.0 Å². The Hall–Kier alpha value is -3.60. The van der Waals surface area contributed by atoms with Gasteiger partial charge in [0, 0.05) is 30.9 Å². The smallest absolute Gasteiger partial charge is 0.266 e. The maximum absolute atomic E-state index is 13.3. The third-order valence-corrected chi connectivity index (χ3v) is 7.77. The van der Waals surface area contributed by atoms with E-state index in [1.807, 2.05) is 4.90 Å². The van der Waals surface area contributed by atoms with Crippen LogP contribution < -0.4 is 25.1 Å². The van der Waals surface area contributed by atoms with Crippen molar-refractivity contribution in [2.24, 2.45) is 11.8 Å². The fraction of sp³-hybridized carbons (Fsp3) is 0.462. The molecule has 1 aliphatic rings. The number of amides is 2. The molecule has 1 aliphatic heterocycles. The second-order valence-corrected chi connectivity index (χ2v) is 10.5. The van der Waals surface area contributed by atoms with Gasteiger partial charge in [-0.25, -0.2) is 4.98 Å². The number of benzene rings is 1. The average Bonchev–Trinajstić information content (AvgIpc) is 3.21. The molecule has 0 radical (unpaired) electrons. The zero-order valence-electron chi connectivity index (χ0n) is 21.9. The van der Waals surface area contributed by atoms with Crippen LogP contribution in [-0.4, -0.2) is 60.7 Å². The number of hydrogen-bond acceptors (Lipinski definition) is 8. The normalized spacial score (nSPS) is 17.5. The van der Waals surface area contributed by atoms with E-state index in [1.165, 1.54) is 32.2 Å². The highest BCUT2D eigenvalue weighted by molar-refractivity contribution is 7.20. The molecule has 2 aromatic heterocycles. The highest BCUT2D eigenvalue weighted by Crippen LogP contribution is 2.40. The summed E-state index contributed by atoms with van der Waals surface area (Å²) >= 11 is 1.13. The third-order valence-electron chi connectivity index (χ3n) is 6.57. The number of methoxy groups -OCH3 is 3. The SMILES string of the molecule is COc1cc(NC(=O)c2sc3ncn(CC(=O)N4C[C@H](C)C[C@@H](C)C4)c(=O)c3c2C)cc(OC)c1OC. The third kappa shape index (κ3) is 5.27. The summed E-state index contributed by atoms with van der Waals surface area (Å²) in [5.41, 5.74) is 0.624. The molecule has 3 heterocycles. The number of carbonyl (C=O) groups is 2. The highest BCUT2D eigenvalue weighted by Gasteiger charge is 2.26. The van der Waals surface area contributed by atoms with Crippen LogP contribution in [0.5, 0.6) is 17.2 Å². The number of aryl methyl sites for hydroxylation is 1. The van der Waals surface area contributed by atoms with Crippen molar-refractivity contribution < 1.29 is 23.8 Å². The molecule has 37 heavy (non-hydrogen) atoms. The van der Waals surface area contributed by atoms with Crippen LogP contribution in [0.3, 0.4) is 0 Å². The van der Waals surface area contributed by atoms with E-state index in [0.717, 1.165) is 17.8 Å². The Morgan fingerprint density at radius 1 is 1.08 bits per heavy atom. The number of nitrogens with one attached hydrogen (secondary N) is 1. The van der Waals surface area contributed by atoms with E-state index >= 15 is 0 Å². The molecule has 10 nitrogen and oxygen atoms in total. The molecule has 3 aromatic rings. The molecule has 0 unspecified atom stereocenters. The first-order valence-corrected chi connectivity index (χ1v) is 12.9. The van der Waals surface area contributed by atoms with Crippen LogP contribution in [0.25, 0.3) is 10.2 Å². The first-order valence-electron chi connectivity index (χ1n) is 12.0. The van der Waals surface area contributed by atoms with E-state index in [9.17, 15) is 14.4 Å². The molecular weight excluding hydrogens is 496 g/mol. The van der Waals surface area contributed by atoms with Gasteiger partial charge in [-0.2, -0.15) is 0 Å². The van der Waals surface area contributed by atoms with Gasteiger partial charge in [0.1, 0.15) is 11.4 Å². The molecular formula is C26H32N4O6S. The predicted molar refractivity (Wildman–Crippen MR) is 142 cm³/mol. The van der Waals surface area contributed by atoms with Gasteiger partial charge in [0.25, 0.3) is 11.5 Å². The van der Waals surface area contributed by atoms with E-state index < -0.39 is 5.91 Å². The monoisotopic (exact) mass is 528 g/mol. The van der Waals surface area contributed by atoms with Gasteiger partial charge in [0.2, 0.25) is 11.7 Å². The standard InChI is InChI=1S/C26H32N4O6S/c1-14-7-15(2)11-29(10-14)20(31)12-30-13-27-25-21(26(30)33)16(3)23(37-25)24(32)28-17-8-18(34-4)22(36-6)19(9-17)35-5/h8-9,13-15H,7,10-12H2,1-6H3,(H,28,32)/t14-,15-/m1/s1. The van der Waals surface area contributed by atoms with Crippen LogP contribution in [-0.2, 0) is 11.3 Å². The topological polar surface area (TPSA) is 112 Å². The van der Waals surface area contributed by atoms with Gasteiger partial charge in [-0.3, -0.25) is 19.0 Å². The van der Waals surface area contributed by atoms with E-state index in [0.29, 0.717) is 68.5 Å². The zero-order chi connectivity index (χ0) is 26.9. The van der Waals surface area contributed by atoms with Crippen molar-refractivity contribution >= 4 is 39.1 Å². The lowest BCUT2D eigenvalue weighted by molar-refractivity contribution is -0.134. The van der Waals surface area contributed by atoms with Crippen LogP contribution in [0, 0.1) is 18.8 Å². The quantitative estimate of drug-likeness (QED) is 0.499. The van der Waals surface area contributed by atoms with Gasteiger partial charge in [-0.05, 0) is 30.7 Å². The average molecular weight is 529 g/mol. The minimum absolute atomic E-state index is 0.0799. The molecule has 0 spiro atoms. The minimum atomic E-state index is -0.395. The molecule has 0 bridgehead atoms. The van der Waals surface area contributed by atoms with E-state index in [2.05, 4.69) is 24.1 Å². The van der Waals surface area contributed by atoms with Crippen LogP contribution in [0.2, 0.25) is 0 Å². The summed E-state index contributed by atoms with van der Waals surface area (Å²) in [7, 11) is 4.49. The molecule has 2 atom stereocenters. The van der Waals surface area contributed by atoms with E-state index in [1.54, 1.807) is 19.1 Å². The Labute approximate surface area is 219 Å². The molecule has 4 rings (SSSR count). The fourth-order valence-electron chi connectivity index (χ4n) is 4.94. The maximum Gasteiger partial charge on any atom is 0.266 e. The molecule has 0 aliphatic carbocycles. The van der Waals surface area contributed by atoms with Crippen molar-refractivity contribution in [3.63, 3.8) is 0 Å².